The van der Waals surface area contributed by atoms with Gasteiger partial charge in [0, 0.05) is 29.8 Å². The van der Waals surface area contributed by atoms with Crippen LogP contribution in [0.15, 0.2) is 23.1 Å². The van der Waals surface area contributed by atoms with Gasteiger partial charge in [0.1, 0.15) is 0 Å². The highest BCUT2D eigenvalue weighted by atomic mass is 16.1. The molecule has 19 heavy (non-hydrogen) atoms. The topological polar surface area (TPSA) is 39.1 Å². The molecule has 0 unspecified atom stereocenters. The van der Waals surface area contributed by atoms with Crippen molar-refractivity contribution < 1.29 is 4.79 Å². The molecule has 0 saturated heterocycles. The van der Waals surface area contributed by atoms with E-state index in [1.807, 2.05) is 20.8 Å². The molecule has 0 aliphatic heterocycles. The number of hydrogen-bond acceptors (Lipinski definition) is 2. The summed E-state index contributed by atoms with van der Waals surface area (Å²) in [5, 5.41) is 0. The third kappa shape index (κ3) is 4.66. The van der Waals surface area contributed by atoms with Crippen molar-refractivity contribution in [2.75, 3.05) is 0 Å². The Balaban J connectivity index is 3.02. The normalized spacial score (nSPS) is 12.5. The Kier molecular flexibility index (Phi) is 4.39. The SMILES string of the molecule is CC(C)(C)CCn1cc(C(=O)C(C)(C)C)ccc1=O. The Morgan fingerprint density at radius 1 is 1.11 bits per heavy atom. The third-order valence-corrected chi connectivity index (χ3v) is 3.03. The predicted octanol–water partition coefficient (Wildman–Crippen LogP) is 3.51. The number of pyridine rings is 1. The molecular formula is C16H25NO2. The van der Waals surface area contributed by atoms with Gasteiger partial charge in [-0.25, -0.2) is 0 Å². The van der Waals surface area contributed by atoms with Gasteiger partial charge in [-0.3, -0.25) is 9.59 Å². The second kappa shape index (κ2) is 5.32. The Hall–Kier alpha value is -1.38. The number of rotatable bonds is 3. The summed E-state index contributed by atoms with van der Waals surface area (Å²) in [7, 11) is 0. The van der Waals surface area contributed by atoms with Crippen molar-refractivity contribution in [3.63, 3.8) is 0 Å². The first-order valence-corrected chi connectivity index (χ1v) is 6.76. The van der Waals surface area contributed by atoms with Crippen LogP contribution in [0, 0.1) is 10.8 Å². The van der Waals surface area contributed by atoms with Crippen LogP contribution in [0.4, 0.5) is 0 Å². The fourth-order valence-electron chi connectivity index (χ4n) is 1.73. The summed E-state index contributed by atoms with van der Waals surface area (Å²) in [4.78, 5) is 24.0. The van der Waals surface area contributed by atoms with Gasteiger partial charge in [-0.15, -0.1) is 0 Å². The van der Waals surface area contributed by atoms with Gasteiger partial charge in [0.25, 0.3) is 5.56 Å². The van der Waals surface area contributed by atoms with Gasteiger partial charge in [-0.1, -0.05) is 41.5 Å². The van der Waals surface area contributed by atoms with Crippen LogP contribution in [-0.2, 0) is 6.54 Å². The number of aromatic nitrogens is 1. The van der Waals surface area contributed by atoms with Crippen LogP contribution < -0.4 is 5.56 Å². The summed E-state index contributed by atoms with van der Waals surface area (Å²) < 4.78 is 1.64. The smallest absolute Gasteiger partial charge is 0.250 e. The van der Waals surface area contributed by atoms with E-state index in [0.29, 0.717) is 12.1 Å². The minimum absolute atomic E-state index is 0.0466. The first-order chi connectivity index (χ1) is 8.50. The van der Waals surface area contributed by atoms with E-state index in [1.54, 1.807) is 16.8 Å². The maximum Gasteiger partial charge on any atom is 0.250 e. The minimum Gasteiger partial charge on any atom is -0.315 e. The van der Waals surface area contributed by atoms with E-state index in [0.717, 1.165) is 6.42 Å². The maximum absolute atomic E-state index is 12.2. The van der Waals surface area contributed by atoms with E-state index in [9.17, 15) is 9.59 Å². The average molecular weight is 263 g/mol. The van der Waals surface area contributed by atoms with Crippen molar-refractivity contribution in [3.8, 4) is 0 Å². The van der Waals surface area contributed by atoms with Crippen LogP contribution in [-0.4, -0.2) is 10.4 Å². The van der Waals surface area contributed by atoms with E-state index in [1.165, 1.54) is 6.07 Å². The molecule has 1 rings (SSSR count). The van der Waals surface area contributed by atoms with Crippen molar-refractivity contribution in [1.29, 1.82) is 0 Å². The van der Waals surface area contributed by atoms with Crippen molar-refractivity contribution in [2.45, 2.75) is 54.5 Å². The number of nitrogens with zero attached hydrogens (tertiary/aromatic N) is 1. The lowest BCUT2D eigenvalue weighted by Crippen LogP contribution is -2.26. The van der Waals surface area contributed by atoms with Gasteiger partial charge in [-0.05, 0) is 17.9 Å². The number of carbonyl (C=O) groups excluding carboxylic acids is 1. The lowest BCUT2D eigenvalue weighted by molar-refractivity contribution is 0.0857. The molecule has 1 aromatic heterocycles. The molecule has 0 aromatic carbocycles. The fourth-order valence-corrected chi connectivity index (χ4v) is 1.73. The summed E-state index contributed by atoms with van der Waals surface area (Å²) in [6.45, 7) is 12.7. The molecule has 3 nitrogen and oxygen atoms in total. The van der Waals surface area contributed by atoms with Crippen LogP contribution in [0.5, 0.6) is 0 Å². The molecule has 0 radical (unpaired) electrons. The molecule has 0 fully saturated rings. The van der Waals surface area contributed by atoms with Gasteiger partial charge in [0.05, 0.1) is 0 Å². The molecule has 0 bridgehead atoms. The lowest BCUT2D eigenvalue weighted by Gasteiger charge is -2.20. The van der Waals surface area contributed by atoms with Crippen molar-refractivity contribution >= 4 is 5.78 Å². The first-order valence-electron chi connectivity index (χ1n) is 6.76. The van der Waals surface area contributed by atoms with E-state index in [4.69, 9.17) is 0 Å². The van der Waals surface area contributed by atoms with Gasteiger partial charge < -0.3 is 4.57 Å². The van der Waals surface area contributed by atoms with Crippen LogP contribution in [0.2, 0.25) is 0 Å². The van der Waals surface area contributed by atoms with Gasteiger partial charge in [-0.2, -0.15) is 0 Å². The van der Waals surface area contributed by atoms with Crippen molar-refractivity contribution in [2.24, 2.45) is 10.8 Å². The van der Waals surface area contributed by atoms with Crippen LogP contribution in [0.25, 0.3) is 0 Å². The lowest BCUT2D eigenvalue weighted by atomic mass is 9.87. The Morgan fingerprint density at radius 3 is 2.16 bits per heavy atom. The zero-order valence-electron chi connectivity index (χ0n) is 12.9. The van der Waals surface area contributed by atoms with Crippen LogP contribution >= 0.6 is 0 Å². The highest BCUT2D eigenvalue weighted by Crippen LogP contribution is 2.21. The molecule has 0 aliphatic rings. The number of aryl methyl sites for hydroxylation is 1. The third-order valence-electron chi connectivity index (χ3n) is 3.03. The maximum atomic E-state index is 12.2. The number of carbonyl (C=O) groups is 1. The molecule has 0 amide bonds. The summed E-state index contributed by atoms with van der Waals surface area (Å²) >= 11 is 0. The average Bonchev–Trinajstić information content (AvgIpc) is 2.24. The van der Waals surface area contributed by atoms with E-state index in [2.05, 4.69) is 20.8 Å². The summed E-state index contributed by atoms with van der Waals surface area (Å²) in [5.41, 5.74) is 0.311. The molecule has 0 atom stereocenters. The molecule has 0 saturated carbocycles. The van der Waals surface area contributed by atoms with Gasteiger partial charge in [0.15, 0.2) is 5.78 Å². The van der Waals surface area contributed by atoms with Gasteiger partial charge >= 0.3 is 0 Å². The van der Waals surface area contributed by atoms with Gasteiger partial charge in [0.2, 0.25) is 0 Å². The molecule has 0 N–H and O–H groups in total. The molecule has 3 heteroatoms. The van der Waals surface area contributed by atoms with Crippen molar-refractivity contribution in [1.82, 2.24) is 4.57 Å². The summed E-state index contributed by atoms with van der Waals surface area (Å²) in [5.74, 6) is 0.0667. The fraction of sp³-hybridized carbons (Fsp3) is 0.625. The quantitative estimate of drug-likeness (QED) is 0.783. The molecule has 0 aliphatic carbocycles. The van der Waals surface area contributed by atoms with E-state index < -0.39 is 5.41 Å². The molecule has 1 aromatic rings. The highest BCUT2D eigenvalue weighted by Gasteiger charge is 2.23. The monoisotopic (exact) mass is 263 g/mol. The van der Waals surface area contributed by atoms with E-state index >= 15 is 0 Å². The first kappa shape index (κ1) is 15.7. The molecule has 0 spiro atoms. The summed E-state index contributed by atoms with van der Waals surface area (Å²) in [6.07, 6.45) is 2.60. The standard InChI is InChI=1S/C16H25NO2/c1-15(2,3)9-10-17-11-12(7-8-13(17)18)14(19)16(4,5)6/h7-8,11H,9-10H2,1-6H3. The van der Waals surface area contributed by atoms with Crippen LogP contribution in [0.1, 0.15) is 58.3 Å². The Labute approximate surface area is 115 Å². The molecule has 106 valence electrons. The molecular weight excluding hydrogens is 238 g/mol. The largest absolute Gasteiger partial charge is 0.315 e. The zero-order valence-corrected chi connectivity index (χ0v) is 12.9. The number of ketones is 1. The van der Waals surface area contributed by atoms with E-state index in [-0.39, 0.29) is 16.8 Å². The second-order valence-electron chi connectivity index (χ2n) is 7.34. The predicted molar refractivity (Wildman–Crippen MR) is 78.6 cm³/mol. The highest BCUT2D eigenvalue weighted by molar-refractivity contribution is 5.99. The number of hydrogen-bond donors (Lipinski definition) is 0. The summed E-state index contributed by atoms with van der Waals surface area (Å²) in [6, 6.07) is 3.12. The molecule has 1 heterocycles. The zero-order chi connectivity index (χ0) is 14.8. The minimum atomic E-state index is -0.424. The Bertz CT molecular complexity index is 513. The number of Topliss-reactive ketones (excluding diaryl/α,β-unsaturated/α-hetero) is 1. The second-order valence-corrected chi connectivity index (χ2v) is 7.34. The van der Waals surface area contributed by atoms with Crippen molar-refractivity contribution in [3.05, 3.63) is 34.2 Å². The van der Waals surface area contributed by atoms with Crippen LogP contribution in [0.3, 0.4) is 0 Å². The Morgan fingerprint density at radius 2 is 1.68 bits per heavy atom.